The Kier molecular flexibility index (Phi) is 6.48. The van der Waals surface area contributed by atoms with E-state index in [0.29, 0.717) is 16.1 Å². The van der Waals surface area contributed by atoms with Crippen LogP contribution in [0.2, 0.25) is 5.02 Å². The summed E-state index contributed by atoms with van der Waals surface area (Å²) in [4.78, 5) is 12.4. The van der Waals surface area contributed by atoms with E-state index in [2.05, 4.69) is 0 Å². The van der Waals surface area contributed by atoms with Crippen LogP contribution in [0.15, 0.2) is 89.3 Å². The fourth-order valence-electron chi connectivity index (χ4n) is 4.28. The van der Waals surface area contributed by atoms with Crippen LogP contribution in [-0.2, 0) is 14.8 Å². The highest BCUT2D eigenvalue weighted by atomic mass is 35.5. The summed E-state index contributed by atoms with van der Waals surface area (Å²) in [5.41, 5.74) is 3.19. The largest absolute Gasteiger partial charge is 0.478 e. The molecule has 3 aromatic rings. The third kappa shape index (κ3) is 4.62. The SMILES string of the molecule is Bc1cccc([C@H]2C(C(=O)O)=CCC(c3cccc(Cl)c3)N2S(=O)(=O)c2ccc(C)cc2)c1. The zero-order valence-corrected chi connectivity index (χ0v) is 19.8. The van der Waals surface area contributed by atoms with E-state index in [9.17, 15) is 18.3 Å². The fraction of sp³-hybridized carbons (Fsp3) is 0.160. The number of aryl methyl sites for hydroxylation is 1. The fourth-order valence-corrected chi connectivity index (χ4v) is 6.26. The number of benzene rings is 3. The normalized spacial score (nSPS) is 19.2. The number of carboxylic acid groups (broad SMARTS) is 1. The van der Waals surface area contributed by atoms with Crippen LogP contribution in [0.3, 0.4) is 0 Å². The summed E-state index contributed by atoms with van der Waals surface area (Å²) in [7, 11) is -2.19. The number of rotatable bonds is 5. The van der Waals surface area contributed by atoms with Crippen molar-refractivity contribution in [3.63, 3.8) is 0 Å². The van der Waals surface area contributed by atoms with Crippen molar-refractivity contribution in [2.45, 2.75) is 30.3 Å². The maximum atomic E-state index is 14.1. The predicted octanol–water partition coefficient (Wildman–Crippen LogP) is 3.79. The number of halogens is 1. The molecule has 0 bridgehead atoms. The summed E-state index contributed by atoms with van der Waals surface area (Å²) in [5, 5.41) is 10.5. The van der Waals surface area contributed by atoms with Crippen molar-refractivity contribution in [1.29, 1.82) is 0 Å². The molecule has 1 aliphatic heterocycles. The molecule has 3 aromatic carbocycles. The van der Waals surface area contributed by atoms with E-state index in [-0.39, 0.29) is 16.9 Å². The van der Waals surface area contributed by atoms with Gasteiger partial charge in [-0.15, -0.1) is 0 Å². The topological polar surface area (TPSA) is 74.7 Å². The highest BCUT2D eigenvalue weighted by molar-refractivity contribution is 7.89. The Bertz CT molecular complexity index is 1340. The van der Waals surface area contributed by atoms with Crippen LogP contribution in [0.4, 0.5) is 0 Å². The number of carboxylic acids is 1. The predicted molar refractivity (Wildman–Crippen MR) is 132 cm³/mol. The van der Waals surface area contributed by atoms with Crippen molar-refractivity contribution < 1.29 is 18.3 Å². The van der Waals surface area contributed by atoms with Gasteiger partial charge in [-0.25, -0.2) is 13.2 Å². The summed E-state index contributed by atoms with van der Waals surface area (Å²) < 4.78 is 29.5. The molecule has 8 heteroatoms. The molecule has 0 aliphatic carbocycles. The molecule has 4 rings (SSSR count). The second kappa shape index (κ2) is 9.18. The quantitative estimate of drug-likeness (QED) is 0.565. The van der Waals surface area contributed by atoms with Gasteiger partial charge in [0.05, 0.1) is 22.6 Å². The second-order valence-corrected chi connectivity index (χ2v) is 10.5. The highest BCUT2D eigenvalue weighted by Crippen LogP contribution is 2.45. The van der Waals surface area contributed by atoms with Gasteiger partial charge in [0.25, 0.3) is 0 Å². The molecule has 1 N–H and O–H groups in total. The lowest BCUT2D eigenvalue weighted by atomic mass is 9.86. The van der Waals surface area contributed by atoms with E-state index >= 15 is 0 Å². The third-order valence-electron chi connectivity index (χ3n) is 5.85. The molecule has 0 amide bonds. The highest BCUT2D eigenvalue weighted by Gasteiger charge is 2.44. The van der Waals surface area contributed by atoms with Crippen molar-refractivity contribution in [2.24, 2.45) is 0 Å². The summed E-state index contributed by atoms with van der Waals surface area (Å²) in [6.07, 6.45) is 1.84. The van der Waals surface area contributed by atoms with E-state index in [1.165, 1.54) is 4.31 Å². The van der Waals surface area contributed by atoms with E-state index in [1.54, 1.807) is 54.6 Å². The third-order valence-corrected chi connectivity index (χ3v) is 7.98. The van der Waals surface area contributed by atoms with Crippen LogP contribution >= 0.6 is 11.6 Å². The molecule has 0 radical (unpaired) electrons. The Morgan fingerprint density at radius 3 is 2.33 bits per heavy atom. The average molecular weight is 480 g/mol. The summed E-state index contributed by atoms with van der Waals surface area (Å²) >= 11 is 6.24. The molecule has 1 unspecified atom stereocenters. The van der Waals surface area contributed by atoms with Gasteiger partial charge in [0.15, 0.2) is 0 Å². The number of sulfonamides is 1. The first kappa shape index (κ1) is 23.3. The Labute approximate surface area is 199 Å². The van der Waals surface area contributed by atoms with Crippen LogP contribution in [0.1, 0.15) is 35.2 Å². The van der Waals surface area contributed by atoms with Crippen LogP contribution in [-0.4, -0.2) is 31.6 Å². The van der Waals surface area contributed by atoms with Gasteiger partial charge in [0.1, 0.15) is 7.85 Å². The molecule has 0 fully saturated rings. The Morgan fingerprint density at radius 1 is 1.03 bits per heavy atom. The molecule has 5 nitrogen and oxygen atoms in total. The van der Waals surface area contributed by atoms with E-state index < -0.39 is 28.1 Å². The molecule has 0 saturated heterocycles. The smallest absolute Gasteiger partial charge is 0.333 e. The average Bonchev–Trinajstić information content (AvgIpc) is 2.78. The number of hydrogen-bond donors (Lipinski definition) is 1. The minimum Gasteiger partial charge on any atom is -0.478 e. The number of nitrogens with zero attached hydrogens (tertiary/aromatic N) is 1. The van der Waals surface area contributed by atoms with Crippen molar-refractivity contribution in [3.8, 4) is 0 Å². The van der Waals surface area contributed by atoms with Gasteiger partial charge in [-0.1, -0.05) is 77.2 Å². The van der Waals surface area contributed by atoms with Crippen molar-refractivity contribution in [2.75, 3.05) is 0 Å². The van der Waals surface area contributed by atoms with Crippen LogP contribution in [0.25, 0.3) is 0 Å². The standard InChI is InChI=1S/C25H23BClNO4S/c1-16-8-10-21(11-9-16)33(31,32)28-23(17-4-3-7-20(27)15-17)13-12-22(25(29)30)24(28)18-5-2-6-19(26)14-18/h2-12,14-15,23-24H,13,26H2,1H3,(H,29,30)/t23?,24-/m0/s1. The van der Waals surface area contributed by atoms with Gasteiger partial charge < -0.3 is 5.11 Å². The van der Waals surface area contributed by atoms with Gasteiger partial charge in [-0.3, -0.25) is 0 Å². The molecule has 1 aliphatic rings. The molecule has 2 atom stereocenters. The Balaban J connectivity index is 1.98. The maximum absolute atomic E-state index is 14.1. The molecule has 0 spiro atoms. The zero-order chi connectivity index (χ0) is 23.8. The second-order valence-electron chi connectivity index (χ2n) is 8.24. The lowest BCUT2D eigenvalue weighted by Crippen LogP contribution is -2.42. The van der Waals surface area contributed by atoms with Crippen LogP contribution < -0.4 is 5.46 Å². The first-order valence-corrected chi connectivity index (χ1v) is 12.4. The molecule has 1 heterocycles. The van der Waals surface area contributed by atoms with E-state index in [4.69, 9.17) is 11.6 Å². The van der Waals surface area contributed by atoms with E-state index in [0.717, 1.165) is 11.0 Å². The van der Waals surface area contributed by atoms with Crippen molar-refractivity contribution in [1.82, 2.24) is 4.31 Å². The van der Waals surface area contributed by atoms with E-state index in [1.807, 2.05) is 39.0 Å². The van der Waals surface area contributed by atoms with Gasteiger partial charge in [-0.2, -0.15) is 4.31 Å². The summed E-state index contributed by atoms with van der Waals surface area (Å²) in [6, 6.07) is 19.3. The van der Waals surface area contributed by atoms with Gasteiger partial charge in [0, 0.05) is 5.02 Å². The number of carbonyl (C=O) groups is 1. The van der Waals surface area contributed by atoms with Gasteiger partial charge >= 0.3 is 5.97 Å². The maximum Gasteiger partial charge on any atom is 0.333 e. The Hall–Kier alpha value is -2.87. The molecular formula is C25H23BClNO4S. The monoisotopic (exact) mass is 479 g/mol. The lowest BCUT2D eigenvalue weighted by molar-refractivity contribution is -0.133. The molecule has 168 valence electrons. The van der Waals surface area contributed by atoms with Crippen LogP contribution in [0.5, 0.6) is 0 Å². The minimum atomic E-state index is -4.08. The zero-order valence-electron chi connectivity index (χ0n) is 18.3. The van der Waals surface area contributed by atoms with Gasteiger partial charge in [-0.05, 0) is 48.7 Å². The first-order chi connectivity index (χ1) is 15.7. The molecule has 0 aromatic heterocycles. The number of hydrogen-bond acceptors (Lipinski definition) is 3. The Morgan fingerprint density at radius 2 is 1.70 bits per heavy atom. The molecular weight excluding hydrogens is 457 g/mol. The summed E-state index contributed by atoms with van der Waals surface area (Å²) in [5.74, 6) is -1.14. The lowest BCUT2D eigenvalue weighted by Gasteiger charge is -2.40. The van der Waals surface area contributed by atoms with Crippen molar-refractivity contribution >= 4 is 40.9 Å². The minimum absolute atomic E-state index is 0.0366. The van der Waals surface area contributed by atoms with Crippen LogP contribution in [0, 0.1) is 6.92 Å². The first-order valence-electron chi connectivity index (χ1n) is 10.5. The molecule has 0 saturated carbocycles. The number of aliphatic carboxylic acids is 1. The molecule has 33 heavy (non-hydrogen) atoms. The van der Waals surface area contributed by atoms with Gasteiger partial charge in [0.2, 0.25) is 10.0 Å². The summed E-state index contributed by atoms with van der Waals surface area (Å²) in [6.45, 7) is 1.88. The van der Waals surface area contributed by atoms with Crippen molar-refractivity contribution in [3.05, 3.63) is 106 Å².